The molecule has 2 heteroatoms. The first kappa shape index (κ1) is 11.5. The number of nitrogens with zero attached hydrogens (tertiary/aromatic N) is 1. The number of hydrogen-bond acceptors (Lipinski definition) is 2. The summed E-state index contributed by atoms with van der Waals surface area (Å²) in [5, 5.41) is 1.11. The Morgan fingerprint density at radius 2 is 2.06 bits per heavy atom. The van der Waals surface area contributed by atoms with E-state index in [-0.39, 0.29) is 0 Å². The number of fused-ring (bicyclic) bond motifs is 2. The van der Waals surface area contributed by atoms with Crippen molar-refractivity contribution in [2.45, 2.75) is 33.1 Å². The number of anilines is 1. The number of nitrogens with two attached hydrogens (primary N) is 1. The molecule has 0 spiro atoms. The maximum absolute atomic E-state index is 6.32. The summed E-state index contributed by atoms with van der Waals surface area (Å²) in [6, 6.07) is 8.20. The maximum atomic E-state index is 6.32. The minimum absolute atomic E-state index is 0.729. The Hall–Kier alpha value is -1.57. The van der Waals surface area contributed by atoms with Crippen LogP contribution in [0, 0.1) is 11.8 Å². The molecule has 3 rings (SSSR count). The number of aromatic nitrogens is 1. The minimum atomic E-state index is 0.729. The van der Waals surface area contributed by atoms with Gasteiger partial charge in [0, 0.05) is 16.8 Å². The zero-order valence-corrected chi connectivity index (χ0v) is 11.1. The monoisotopic (exact) mass is 240 g/mol. The Morgan fingerprint density at radius 3 is 2.83 bits per heavy atom. The molecule has 0 aliphatic heterocycles. The van der Waals surface area contributed by atoms with Crippen LogP contribution in [-0.4, -0.2) is 4.98 Å². The van der Waals surface area contributed by atoms with E-state index < -0.39 is 0 Å². The zero-order valence-electron chi connectivity index (χ0n) is 11.1. The summed E-state index contributed by atoms with van der Waals surface area (Å²) < 4.78 is 0. The zero-order chi connectivity index (χ0) is 12.7. The molecule has 1 aromatic heterocycles. The lowest BCUT2D eigenvalue weighted by molar-refractivity contribution is 0.340. The molecule has 0 saturated carbocycles. The van der Waals surface area contributed by atoms with Crippen LogP contribution in [0.4, 0.5) is 5.69 Å². The number of rotatable bonds is 1. The van der Waals surface area contributed by atoms with Crippen LogP contribution in [-0.2, 0) is 12.8 Å². The van der Waals surface area contributed by atoms with Gasteiger partial charge in [-0.15, -0.1) is 0 Å². The fourth-order valence-electron chi connectivity index (χ4n) is 3.03. The van der Waals surface area contributed by atoms with Crippen molar-refractivity contribution in [2.24, 2.45) is 11.8 Å². The van der Waals surface area contributed by atoms with Crippen molar-refractivity contribution in [3.05, 3.63) is 35.5 Å². The van der Waals surface area contributed by atoms with Crippen molar-refractivity contribution < 1.29 is 0 Å². The molecule has 0 radical (unpaired) electrons. The van der Waals surface area contributed by atoms with E-state index in [0.717, 1.165) is 41.3 Å². The molecule has 2 N–H and O–H groups in total. The summed E-state index contributed by atoms with van der Waals surface area (Å²) in [6.45, 7) is 4.61. The third-order valence-corrected chi connectivity index (χ3v) is 4.29. The van der Waals surface area contributed by atoms with Crippen LogP contribution in [0.15, 0.2) is 24.3 Å². The van der Waals surface area contributed by atoms with Crippen LogP contribution in [0.2, 0.25) is 0 Å². The molecule has 94 valence electrons. The topological polar surface area (TPSA) is 38.9 Å². The van der Waals surface area contributed by atoms with Crippen molar-refractivity contribution in [2.75, 3.05) is 5.73 Å². The van der Waals surface area contributed by atoms with Crippen LogP contribution in [0.5, 0.6) is 0 Å². The van der Waals surface area contributed by atoms with Crippen LogP contribution < -0.4 is 5.73 Å². The second-order valence-corrected chi connectivity index (χ2v) is 5.71. The SMILES string of the molecule is CC(C)[C@H]1CCc2c(nc3ccccc3c2N)C1. The van der Waals surface area contributed by atoms with E-state index in [9.17, 15) is 0 Å². The molecule has 1 aliphatic carbocycles. The van der Waals surface area contributed by atoms with Gasteiger partial charge in [-0.05, 0) is 42.7 Å². The summed E-state index contributed by atoms with van der Waals surface area (Å²) in [5.74, 6) is 1.48. The van der Waals surface area contributed by atoms with Gasteiger partial charge in [-0.25, -0.2) is 0 Å². The molecule has 2 aromatic rings. The highest BCUT2D eigenvalue weighted by Crippen LogP contribution is 2.35. The Kier molecular flexibility index (Phi) is 2.73. The van der Waals surface area contributed by atoms with Crippen molar-refractivity contribution in [1.29, 1.82) is 0 Å². The normalized spacial score (nSPS) is 19.2. The number of benzene rings is 1. The van der Waals surface area contributed by atoms with Gasteiger partial charge in [0.2, 0.25) is 0 Å². The Balaban J connectivity index is 2.13. The lowest BCUT2D eigenvalue weighted by Crippen LogP contribution is -2.21. The number of nitrogen functional groups attached to an aromatic ring is 1. The summed E-state index contributed by atoms with van der Waals surface area (Å²) in [4.78, 5) is 4.83. The van der Waals surface area contributed by atoms with Gasteiger partial charge >= 0.3 is 0 Å². The van der Waals surface area contributed by atoms with Gasteiger partial charge in [0.25, 0.3) is 0 Å². The third-order valence-electron chi connectivity index (χ3n) is 4.29. The molecule has 0 saturated heterocycles. The average Bonchev–Trinajstić information content (AvgIpc) is 2.38. The first-order chi connectivity index (χ1) is 8.66. The molecular formula is C16H20N2. The van der Waals surface area contributed by atoms with Gasteiger partial charge in [0.05, 0.1) is 5.52 Å². The van der Waals surface area contributed by atoms with Crippen LogP contribution >= 0.6 is 0 Å². The first-order valence-electron chi connectivity index (χ1n) is 6.82. The number of pyridine rings is 1. The quantitative estimate of drug-likeness (QED) is 0.827. The summed E-state index contributed by atoms with van der Waals surface area (Å²) in [5.41, 5.74) is 10.8. The average molecular weight is 240 g/mol. The van der Waals surface area contributed by atoms with Crippen LogP contribution in [0.25, 0.3) is 10.9 Å². The molecule has 18 heavy (non-hydrogen) atoms. The van der Waals surface area contributed by atoms with Gasteiger partial charge in [-0.2, -0.15) is 0 Å². The second-order valence-electron chi connectivity index (χ2n) is 5.71. The van der Waals surface area contributed by atoms with Gasteiger partial charge in [0.15, 0.2) is 0 Å². The van der Waals surface area contributed by atoms with Crippen molar-refractivity contribution in [3.63, 3.8) is 0 Å². The van der Waals surface area contributed by atoms with E-state index in [4.69, 9.17) is 10.7 Å². The molecule has 0 fully saturated rings. The predicted molar refractivity (Wildman–Crippen MR) is 76.5 cm³/mol. The third kappa shape index (κ3) is 1.76. The largest absolute Gasteiger partial charge is 0.398 e. The highest BCUT2D eigenvalue weighted by atomic mass is 14.7. The smallest absolute Gasteiger partial charge is 0.0726 e. The van der Waals surface area contributed by atoms with Gasteiger partial charge in [-0.1, -0.05) is 32.0 Å². The Morgan fingerprint density at radius 1 is 1.28 bits per heavy atom. The van der Waals surface area contributed by atoms with Crippen molar-refractivity contribution in [1.82, 2.24) is 4.98 Å². The molecule has 1 aliphatic rings. The van der Waals surface area contributed by atoms with Gasteiger partial charge in [0.1, 0.15) is 0 Å². The van der Waals surface area contributed by atoms with E-state index in [1.807, 2.05) is 12.1 Å². The van der Waals surface area contributed by atoms with Gasteiger partial charge in [-0.3, -0.25) is 4.98 Å². The number of para-hydroxylation sites is 1. The molecule has 1 aromatic carbocycles. The standard InChI is InChI=1S/C16H20N2/c1-10(2)11-7-8-13-15(9-11)18-14-6-4-3-5-12(14)16(13)17/h3-6,10-11H,7-9H2,1-2H3,(H2,17,18)/t11-/m0/s1. The second kappa shape index (κ2) is 4.27. The molecule has 0 unspecified atom stereocenters. The molecule has 1 atom stereocenters. The van der Waals surface area contributed by atoms with E-state index >= 15 is 0 Å². The summed E-state index contributed by atoms with van der Waals surface area (Å²) >= 11 is 0. The van der Waals surface area contributed by atoms with Gasteiger partial charge < -0.3 is 5.73 Å². The summed E-state index contributed by atoms with van der Waals surface area (Å²) in [7, 11) is 0. The van der Waals surface area contributed by atoms with Crippen LogP contribution in [0.1, 0.15) is 31.5 Å². The lowest BCUT2D eigenvalue weighted by Gasteiger charge is -2.28. The molecular weight excluding hydrogens is 220 g/mol. The molecule has 0 bridgehead atoms. The summed E-state index contributed by atoms with van der Waals surface area (Å²) in [6.07, 6.45) is 3.42. The number of hydrogen-bond donors (Lipinski definition) is 1. The predicted octanol–water partition coefficient (Wildman–Crippen LogP) is 3.58. The molecule has 0 amide bonds. The maximum Gasteiger partial charge on any atom is 0.0726 e. The molecule has 2 nitrogen and oxygen atoms in total. The lowest BCUT2D eigenvalue weighted by atomic mass is 9.79. The van der Waals surface area contributed by atoms with E-state index in [0.29, 0.717) is 0 Å². The minimum Gasteiger partial charge on any atom is -0.398 e. The fraction of sp³-hybridized carbons (Fsp3) is 0.438. The van der Waals surface area contributed by atoms with Crippen molar-refractivity contribution in [3.8, 4) is 0 Å². The van der Waals surface area contributed by atoms with E-state index in [1.165, 1.54) is 17.7 Å². The highest BCUT2D eigenvalue weighted by molar-refractivity contribution is 5.92. The Bertz CT molecular complexity index is 587. The Labute approximate surface area is 108 Å². The highest BCUT2D eigenvalue weighted by Gasteiger charge is 2.24. The van der Waals surface area contributed by atoms with Crippen molar-refractivity contribution >= 4 is 16.6 Å². The van der Waals surface area contributed by atoms with E-state index in [1.54, 1.807) is 0 Å². The van der Waals surface area contributed by atoms with Crippen LogP contribution in [0.3, 0.4) is 0 Å². The van der Waals surface area contributed by atoms with E-state index in [2.05, 4.69) is 26.0 Å². The fourth-order valence-corrected chi connectivity index (χ4v) is 3.03. The molecule has 1 heterocycles. The first-order valence-corrected chi connectivity index (χ1v) is 6.82.